The molecule has 6 heterocycles. The van der Waals surface area contributed by atoms with Crippen LogP contribution < -0.4 is 0 Å². The maximum absolute atomic E-state index is 13.8. The number of alkyl halides is 5. The Morgan fingerprint density at radius 1 is 0.414 bits per heavy atom. The average molecular weight is 1480 g/mol. The molecule has 6 aliphatic heterocycles. The summed E-state index contributed by atoms with van der Waals surface area (Å²) in [5, 5.41) is 21.1. The van der Waals surface area contributed by atoms with Crippen molar-refractivity contribution >= 4 is 100 Å². The topological polar surface area (TPSA) is 196 Å². The molecule has 6 aromatic rings. The lowest BCUT2D eigenvalue weighted by molar-refractivity contribution is -0.182. The number of nitrogens with zero attached hydrogens (tertiary/aromatic N) is 12. The molecule has 528 valence electrons. The van der Waals surface area contributed by atoms with Gasteiger partial charge in [-0.05, 0) is 108 Å². The number of amidine groups is 3. The summed E-state index contributed by atoms with van der Waals surface area (Å²) in [5.74, 6) is -0.748. The van der Waals surface area contributed by atoms with Crippen LogP contribution in [-0.4, -0.2) is 165 Å². The number of halogens is 8. The molecule has 6 aliphatic rings. The SMILES string of the molecule is CCC(=NS(=O)(=O)N1CCC(C(F)(F)F)CC1)N1CC(c2ccccc2)C(c2ccc(Cl)cc2)=N1.CCC(=NS(=O)(=O)N1CCC(F)CC1)N1CC(c2ccccc2)C(c2ccc(Cl)cc2)=N1.CCC(=NS(=O)(=O)N1CCCC(F)C1)N1CC(c2ccccc2)C(c2ccc(Cl)cc2)=N1. The number of benzene rings is 6. The van der Waals surface area contributed by atoms with Crippen LogP contribution in [0, 0.1) is 5.92 Å². The van der Waals surface area contributed by atoms with Crippen molar-refractivity contribution in [3.05, 3.63) is 212 Å². The number of piperidine rings is 3. The summed E-state index contributed by atoms with van der Waals surface area (Å²) < 4.78 is 159. The highest BCUT2D eigenvalue weighted by Crippen LogP contribution is 2.37. The second-order valence-electron chi connectivity index (χ2n) is 24.5. The van der Waals surface area contributed by atoms with E-state index >= 15 is 0 Å². The first-order valence-electron chi connectivity index (χ1n) is 32.9. The Bertz CT molecular complexity index is 4270. The van der Waals surface area contributed by atoms with E-state index in [1.165, 1.54) is 4.31 Å². The van der Waals surface area contributed by atoms with Crippen molar-refractivity contribution in [2.24, 2.45) is 34.4 Å². The molecule has 0 N–H and O–H groups in total. The van der Waals surface area contributed by atoms with Crippen molar-refractivity contribution in [3.63, 3.8) is 0 Å². The van der Waals surface area contributed by atoms with Crippen LogP contribution in [0.1, 0.15) is 130 Å². The van der Waals surface area contributed by atoms with Crippen molar-refractivity contribution in [2.75, 3.05) is 58.9 Å². The molecule has 4 unspecified atom stereocenters. The molecule has 0 aromatic heterocycles. The molecular formula is C70H78Cl3F5N12O6S3. The summed E-state index contributed by atoms with van der Waals surface area (Å²) in [4.78, 5) is 0. The third-order valence-electron chi connectivity index (χ3n) is 17.9. The van der Waals surface area contributed by atoms with E-state index in [2.05, 4.69) is 13.2 Å². The Morgan fingerprint density at radius 3 is 1.01 bits per heavy atom. The number of hydrazone groups is 3. The van der Waals surface area contributed by atoms with E-state index in [9.17, 15) is 47.2 Å². The first kappa shape index (κ1) is 74.7. The first-order chi connectivity index (χ1) is 47.3. The predicted octanol–water partition coefficient (Wildman–Crippen LogP) is 14.7. The van der Waals surface area contributed by atoms with Gasteiger partial charge in [0.1, 0.15) is 29.9 Å². The van der Waals surface area contributed by atoms with Gasteiger partial charge in [-0.1, -0.05) is 183 Å². The van der Waals surface area contributed by atoms with E-state index < -0.39 is 55.1 Å². The molecule has 18 nitrogen and oxygen atoms in total. The minimum atomic E-state index is -4.32. The van der Waals surface area contributed by atoms with E-state index in [-0.39, 0.29) is 95.0 Å². The van der Waals surface area contributed by atoms with E-state index in [0.717, 1.165) is 59.1 Å². The van der Waals surface area contributed by atoms with Gasteiger partial charge >= 0.3 is 36.8 Å². The van der Waals surface area contributed by atoms with Crippen LogP contribution in [0.2, 0.25) is 15.1 Å². The average Bonchev–Trinajstić information content (AvgIpc) is 1.69. The monoisotopic (exact) mass is 1480 g/mol. The summed E-state index contributed by atoms with van der Waals surface area (Å²) in [6.45, 7) is 6.84. The molecule has 12 rings (SSSR count). The lowest BCUT2D eigenvalue weighted by Gasteiger charge is -2.31. The minimum absolute atomic E-state index is 0.0425. The van der Waals surface area contributed by atoms with Gasteiger partial charge < -0.3 is 0 Å². The molecule has 99 heavy (non-hydrogen) atoms. The molecule has 0 radical (unpaired) electrons. The van der Waals surface area contributed by atoms with Gasteiger partial charge in [-0.25, -0.2) is 23.8 Å². The maximum atomic E-state index is 13.8. The van der Waals surface area contributed by atoms with Gasteiger partial charge in [0.25, 0.3) is 0 Å². The summed E-state index contributed by atoms with van der Waals surface area (Å²) >= 11 is 18.2. The molecule has 0 aliphatic carbocycles. The Kier molecular flexibility index (Phi) is 25.0. The zero-order valence-electron chi connectivity index (χ0n) is 54.8. The van der Waals surface area contributed by atoms with Crippen LogP contribution in [0.5, 0.6) is 0 Å². The quantitative estimate of drug-likeness (QED) is 0.0546. The molecule has 0 spiro atoms. The zero-order valence-corrected chi connectivity index (χ0v) is 59.6. The highest BCUT2D eigenvalue weighted by Gasteiger charge is 2.44. The van der Waals surface area contributed by atoms with Crippen LogP contribution in [0.15, 0.2) is 192 Å². The van der Waals surface area contributed by atoms with Crippen LogP contribution in [0.4, 0.5) is 22.0 Å². The lowest BCUT2D eigenvalue weighted by Crippen LogP contribution is -2.42. The molecule has 0 bridgehead atoms. The van der Waals surface area contributed by atoms with E-state index in [0.29, 0.717) is 72.1 Å². The molecule has 3 fully saturated rings. The van der Waals surface area contributed by atoms with Crippen LogP contribution in [0.25, 0.3) is 0 Å². The minimum Gasteiger partial charge on any atom is -0.249 e. The lowest BCUT2D eigenvalue weighted by atomic mass is 9.91. The van der Waals surface area contributed by atoms with Gasteiger partial charge in [0.2, 0.25) is 0 Å². The second-order valence-corrected chi connectivity index (χ2v) is 30.6. The largest absolute Gasteiger partial charge is 0.391 e. The van der Waals surface area contributed by atoms with Crippen molar-refractivity contribution in [3.8, 4) is 0 Å². The van der Waals surface area contributed by atoms with Crippen LogP contribution in [0.3, 0.4) is 0 Å². The Hall–Kier alpha value is -7.01. The fourth-order valence-electron chi connectivity index (χ4n) is 12.5. The standard InChI is InChI=1S/C24H26ClF3N4O2S.2C23H26ClFN4O2S/c1-2-22(30-35(33,34)31-14-12-19(13-15-31)24(26,27)28)32-16-21(17-6-4-3-5-7-17)23(29-32)18-8-10-20(25)11-9-18;1-2-22(27-32(30,31)28-14-6-9-20(25)15-28)29-16-21(17-7-4-3-5-8-17)23(26-29)18-10-12-19(24)13-11-18;1-2-22(27-32(30,31)28-14-12-20(25)13-15-28)29-16-21(17-6-4-3-5-7-17)23(26-29)18-8-10-19(24)11-9-18/h3-11,19,21H,2,12-16H2,1H3;3-5,7-8,10-13,20-21H,2,6,9,14-16H2,1H3;3-11,20-21H,2,12-16H2,1H3. The van der Waals surface area contributed by atoms with Crippen molar-refractivity contribution < 1.29 is 47.2 Å². The molecule has 29 heteroatoms. The number of hydrogen-bond acceptors (Lipinski definition) is 9. The van der Waals surface area contributed by atoms with Gasteiger partial charge in [-0.2, -0.15) is 66.6 Å². The Balaban J connectivity index is 0.000000161. The van der Waals surface area contributed by atoms with Crippen LogP contribution in [-0.2, 0) is 30.6 Å². The fourth-order valence-corrected chi connectivity index (χ4v) is 16.7. The molecule has 0 amide bonds. The van der Waals surface area contributed by atoms with Gasteiger partial charge in [-0.3, -0.25) is 0 Å². The van der Waals surface area contributed by atoms with E-state index in [1.807, 2.05) is 166 Å². The van der Waals surface area contributed by atoms with Crippen LogP contribution >= 0.6 is 34.8 Å². The summed E-state index contributed by atoms with van der Waals surface area (Å²) in [7, 11) is -12.0. The number of hydrogen-bond donors (Lipinski definition) is 0. The highest BCUT2D eigenvalue weighted by molar-refractivity contribution is 7.88. The Labute approximate surface area is 591 Å². The van der Waals surface area contributed by atoms with Gasteiger partial charge in [0.05, 0.1) is 42.7 Å². The van der Waals surface area contributed by atoms with Gasteiger partial charge in [0.15, 0.2) is 0 Å². The van der Waals surface area contributed by atoms with Crippen molar-refractivity contribution in [1.29, 1.82) is 0 Å². The van der Waals surface area contributed by atoms with Gasteiger partial charge in [0, 0.05) is 91.4 Å². The molecular weight excluding hydrogens is 1400 g/mol. The smallest absolute Gasteiger partial charge is 0.249 e. The third-order valence-corrected chi connectivity index (χ3v) is 23.0. The summed E-state index contributed by atoms with van der Waals surface area (Å²) in [6.07, 6.45) is -4.59. The zero-order chi connectivity index (χ0) is 70.7. The van der Waals surface area contributed by atoms with Crippen molar-refractivity contribution in [1.82, 2.24) is 27.9 Å². The molecule has 4 atom stereocenters. The third kappa shape index (κ3) is 19.1. The normalized spacial score (nSPS) is 21.5. The maximum Gasteiger partial charge on any atom is 0.391 e. The van der Waals surface area contributed by atoms with Crippen molar-refractivity contribution in [2.45, 2.75) is 115 Å². The van der Waals surface area contributed by atoms with E-state index in [4.69, 9.17) is 50.1 Å². The van der Waals surface area contributed by atoms with E-state index in [1.54, 1.807) is 34.1 Å². The number of rotatable bonds is 15. The summed E-state index contributed by atoms with van der Waals surface area (Å²) in [6, 6.07) is 51.9. The highest BCUT2D eigenvalue weighted by atomic mass is 35.5. The first-order valence-corrected chi connectivity index (χ1v) is 38.3. The molecule has 0 saturated carbocycles. The second kappa shape index (κ2) is 33.2. The molecule has 6 aromatic carbocycles. The fraction of sp³-hybridized carbons (Fsp3) is 0.400. The molecule has 3 saturated heterocycles. The summed E-state index contributed by atoms with van der Waals surface area (Å²) in [5.41, 5.74) is 8.32. The van der Waals surface area contributed by atoms with Gasteiger partial charge in [-0.15, -0.1) is 13.2 Å². The predicted molar refractivity (Wildman–Crippen MR) is 383 cm³/mol. The Morgan fingerprint density at radius 2 is 0.717 bits per heavy atom.